The second-order valence-corrected chi connectivity index (χ2v) is 13.3. The highest BCUT2D eigenvalue weighted by Gasteiger charge is 2.20. The summed E-state index contributed by atoms with van der Waals surface area (Å²) in [4.78, 5) is 56.1. The number of carbonyl (C=O) groups is 3. The van der Waals surface area contributed by atoms with Crippen molar-refractivity contribution < 1.29 is 19.3 Å². The van der Waals surface area contributed by atoms with Crippen LogP contribution < -0.4 is 16.0 Å². The molecule has 3 amide bonds. The lowest BCUT2D eigenvalue weighted by atomic mass is 10.1. The van der Waals surface area contributed by atoms with Crippen LogP contribution in [0.1, 0.15) is 22.8 Å². The first-order chi connectivity index (χ1) is 24.2. The van der Waals surface area contributed by atoms with Gasteiger partial charge in [-0.05, 0) is 66.2 Å². The number of thiazole rings is 1. The molecule has 0 bridgehead atoms. The molecule has 0 saturated heterocycles. The smallest absolute Gasteiger partial charge is 0.276 e. The minimum absolute atomic E-state index is 0.143. The Morgan fingerprint density at radius 2 is 1.58 bits per heavy atom. The number of rotatable bonds is 11. The van der Waals surface area contributed by atoms with E-state index in [0.717, 1.165) is 22.0 Å². The maximum Gasteiger partial charge on any atom is 0.276 e. The minimum Gasteiger partial charge on any atom is -0.321 e. The second kappa shape index (κ2) is 15.4. The van der Waals surface area contributed by atoms with Gasteiger partial charge in [0.25, 0.3) is 17.5 Å². The minimum atomic E-state index is -0.689. The maximum absolute atomic E-state index is 13.5. The van der Waals surface area contributed by atoms with Gasteiger partial charge in [-0.25, -0.2) is 4.98 Å². The molecule has 0 saturated carbocycles. The average Bonchev–Trinajstić information content (AvgIpc) is 3.60. The molecule has 0 spiro atoms. The van der Waals surface area contributed by atoms with Gasteiger partial charge in [0.2, 0.25) is 5.91 Å². The molecule has 0 aliphatic carbocycles. The number of benzene rings is 5. The monoisotopic (exact) mass is 699 g/mol. The van der Waals surface area contributed by atoms with Gasteiger partial charge in [0.15, 0.2) is 5.13 Å². The van der Waals surface area contributed by atoms with Crippen LogP contribution >= 0.6 is 23.1 Å². The van der Waals surface area contributed by atoms with Crippen molar-refractivity contribution in [2.45, 2.75) is 17.1 Å². The molecule has 1 unspecified atom stereocenters. The number of nitro groups is 1. The van der Waals surface area contributed by atoms with Gasteiger partial charge >= 0.3 is 0 Å². The van der Waals surface area contributed by atoms with E-state index in [9.17, 15) is 24.5 Å². The van der Waals surface area contributed by atoms with Crippen molar-refractivity contribution in [1.82, 2.24) is 10.3 Å². The number of amides is 3. The van der Waals surface area contributed by atoms with E-state index in [1.165, 1.54) is 47.4 Å². The number of para-hydroxylation sites is 1. The molecule has 3 N–H and O–H groups in total. The second-order valence-electron chi connectivity index (χ2n) is 11.0. The number of aromatic nitrogens is 1. The van der Waals surface area contributed by atoms with Gasteiger partial charge in [0.1, 0.15) is 5.70 Å². The summed E-state index contributed by atoms with van der Waals surface area (Å²) in [6.07, 6.45) is 1.27. The molecule has 6 rings (SSSR count). The molecule has 0 aliphatic rings. The van der Waals surface area contributed by atoms with Crippen molar-refractivity contribution >= 4 is 74.2 Å². The fourth-order valence-corrected chi connectivity index (χ4v) is 6.65. The third-order valence-corrected chi connectivity index (χ3v) is 9.37. The topological polar surface area (TPSA) is 143 Å². The number of hydrogen-bond acceptors (Lipinski definition) is 8. The molecule has 0 aliphatic heterocycles. The molecule has 1 heterocycles. The van der Waals surface area contributed by atoms with E-state index in [4.69, 9.17) is 0 Å². The number of nitro benzene ring substituents is 1. The normalized spacial score (nSPS) is 11.8. The van der Waals surface area contributed by atoms with Crippen LogP contribution in [0.2, 0.25) is 0 Å². The van der Waals surface area contributed by atoms with Crippen molar-refractivity contribution in [3.05, 3.63) is 154 Å². The van der Waals surface area contributed by atoms with E-state index >= 15 is 0 Å². The Morgan fingerprint density at radius 1 is 0.840 bits per heavy atom. The van der Waals surface area contributed by atoms with Crippen LogP contribution in [0, 0.1) is 10.1 Å². The quantitative estimate of drug-likeness (QED) is 0.0533. The first-order valence-corrected chi connectivity index (χ1v) is 17.1. The van der Waals surface area contributed by atoms with Crippen molar-refractivity contribution in [2.24, 2.45) is 0 Å². The number of carbonyl (C=O) groups excluding carboxylic acids is 3. The molecule has 1 atom stereocenters. The van der Waals surface area contributed by atoms with E-state index in [2.05, 4.69) is 33.1 Å². The Bertz CT molecular complexity index is 2250. The van der Waals surface area contributed by atoms with E-state index in [0.29, 0.717) is 21.3 Å². The van der Waals surface area contributed by atoms with Gasteiger partial charge in [-0.3, -0.25) is 24.5 Å². The van der Waals surface area contributed by atoms with Gasteiger partial charge < -0.3 is 16.0 Å². The summed E-state index contributed by atoms with van der Waals surface area (Å²) >= 11 is 2.64. The van der Waals surface area contributed by atoms with Crippen LogP contribution in [0.3, 0.4) is 0 Å². The van der Waals surface area contributed by atoms with Crippen molar-refractivity contribution in [3.8, 4) is 11.3 Å². The zero-order valence-electron chi connectivity index (χ0n) is 26.5. The summed E-state index contributed by atoms with van der Waals surface area (Å²) in [7, 11) is 0. The summed E-state index contributed by atoms with van der Waals surface area (Å²) in [5.41, 5.74) is 2.17. The highest BCUT2D eigenvalue weighted by molar-refractivity contribution is 8.00. The molecule has 50 heavy (non-hydrogen) atoms. The van der Waals surface area contributed by atoms with Crippen molar-refractivity contribution in [3.63, 3.8) is 0 Å². The van der Waals surface area contributed by atoms with Crippen LogP contribution in [0.5, 0.6) is 0 Å². The predicted octanol–water partition coefficient (Wildman–Crippen LogP) is 8.40. The van der Waals surface area contributed by atoms with E-state index in [-0.39, 0.29) is 22.9 Å². The summed E-state index contributed by atoms with van der Waals surface area (Å²) in [5.74, 6) is -1.48. The van der Waals surface area contributed by atoms with Crippen molar-refractivity contribution in [2.75, 3.05) is 10.6 Å². The average molecular weight is 700 g/mol. The number of anilines is 2. The Hall–Kier alpha value is -6.11. The summed E-state index contributed by atoms with van der Waals surface area (Å²) in [6.45, 7) is 1.77. The fourth-order valence-electron chi connectivity index (χ4n) is 5.00. The lowest BCUT2D eigenvalue weighted by molar-refractivity contribution is -0.385. The molecule has 12 heteroatoms. The third-order valence-electron chi connectivity index (χ3n) is 7.52. The first-order valence-electron chi connectivity index (χ1n) is 15.4. The first kappa shape index (κ1) is 33.8. The molecule has 1 aromatic heterocycles. The van der Waals surface area contributed by atoms with Crippen LogP contribution in [-0.4, -0.2) is 32.9 Å². The zero-order chi connectivity index (χ0) is 35.0. The van der Waals surface area contributed by atoms with Crippen molar-refractivity contribution in [1.29, 1.82) is 0 Å². The summed E-state index contributed by atoms with van der Waals surface area (Å²) in [6, 6.07) is 35.3. The third kappa shape index (κ3) is 8.29. The molecule has 10 nitrogen and oxygen atoms in total. The van der Waals surface area contributed by atoms with Crippen LogP contribution in [-0.2, 0) is 9.59 Å². The van der Waals surface area contributed by atoms with E-state index < -0.39 is 22.0 Å². The van der Waals surface area contributed by atoms with Crippen LogP contribution in [0.15, 0.2) is 137 Å². The Labute approximate surface area is 295 Å². The van der Waals surface area contributed by atoms with Gasteiger partial charge in [-0.15, -0.1) is 23.1 Å². The molecule has 6 aromatic rings. The molecular formula is C38H29N5O5S2. The molecule has 5 aromatic carbocycles. The van der Waals surface area contributed by atoms with Gasteiger partial charge in [0, 0.05) is 33.2 Å². The summed E-state index contributed by atoms with van der Waals surface area (Å²) in [5, 5.41) is 24.0. The SMILES string of the molecule is CC(Sc1cccc(NC(=O)/C(=C\c2ccccc2[N+](=O)[O-])NC(=O)c2ccccc2)c1)C(=O)Nc1nc(-c2ccc3ccccc3c2)cs1. The fraction of sp³-hybridized carbons (Fsp3) is 0.0526. The molecule has 0 fully saturated rings. The Morgan fingerprint density at radius 3 is 2.38 bits per heavy atom. The van der Waals surface area contributed by atoms with Gasteiger partial charge in [0.05, 0.1) is 21.4 Å². The molecule has 248 valence electrons. The maximum atomic E-state index is 13.5. The highest BCUT2D eigenvalue weighted by atomic mass is 32.2. The number of nitrogens with one attached hydrogen (secondary N) is 3. The Balaban J connectivity index is 1.13. The lowest BCUT2D eigenvalue weighted by Gasteiger charge is -2.13. The number of nitrogens with zero attached hydrogens (tertiary/aromatic N) is 2. The number of thioether (sulfide) groups is 1. The zero-order valence-corrected chi connectivity index (χ0v) is 28.2. The molecular weight excluding hydrogens is 671 g/mol. The predicted molar refractivity (Wildman–Crippen MR) is 199 cm³/mol. The summed E-state index contributed by atoms with van der Waals surface area (Å²) < 4.78 is 0. The standard InChI is InChI=1S/C38H29N5O5S2/c1-24(35(44)42-38-41-33(23-49-38)28-19-18-25-10-5-6-13-27(25)20-28)50-31-16-9-15-30(22-31)39-37(46)32(40-36(45)26-11-3-2-4-12-26)21-29-14-7-8-17-34(29)43(47)48/h2-24H,1H3,(H,39,46)(H,40,45)(H,41,42,44)/b32-21+. The van der Waals surface area contributed by atoms with Gasteiger partial charge in [-0.2, -0.15) is 0 Å². The number of hydrogen-bond donors (Lipinski definition) is 3. The highest BCUT2D eigenvalue weighted by Crippen LogP contribution is 2.30. The lowest BCUT2D eigenvalue weighted by Crippen LogP contribution is -2.30. The Kier molecular flexibility index (Phi) is 10.4. The number of fused-ring (bicyclic) bond motifs is 1. The van der Waals surface area contributed by atoms with Crippen LogP contribution in [0.25, 0.3) is 28.1 Å². The van der Waals surface area contributed by atoms with Crippen LogP contribution in [0.4, 0.5) is 16.5 Å². The van der Waals surface area contributed by atoms with E-state index in [1.807, 2.05) is 41.8 Å². The van der Waals surface area contributed by atoms with E-state index in [1.54, 1.807) is 61.5 Å². The largest absolute Gasteiger partial charge is 0.321 e. The molecule has 0 radical (unpaired) electrons. The van der Waals surface area contributed by atoms with Gasteiger partial charge in [-0.1, -0.05) is 72.8 Å².